The number of amides is 1. The Morgan fingerprint density at radius 3 is 2.52 bits per heavy atom. The van der Waals surface area contributed by atoms with E-state index >= 15 is 0 Å². The van der Waals surface area contributed by atoms with Gasteiger partial charge in [0, 0.05) is 19.4 Å². The second-order valence-corrected chi connectivity index (χ2v) is 8.59. The van der Waals surface area contributed by atoms with E-state index in [1.165, 1.54) is 6.34 Å². The molecule has 31 heavy (non-hydrogen) atoms. The lowest BCUT2D eigenvalue weighted by molar-refractivity contribution is -0.115. The summed E-state index contributed by atoms with van der Waals surface area (Å²) < 4.78 is 7.36. The normalized spacial score (nSPS) is 12.7. The molecular formula is C20H32Br2N6O3. The van der Waals surface area contributed by atoms with Crippen molar-refractivity contribution in [3.63, 3.8) is 0 Å². The summed E-state index contributed by atoms with van der Waals surface area (Å²) in [6, 6.07) is 3.64. The molecule has 0 saturated heterocycles. The summed E-state index contributed by atoms with van der Waals surface area (Å²) in [7, 11) is 0. The maximum atomic E-state index is 12.3. The number of hydrogen-bond acceptors (Lipinski definition) is 7. The van der Waals surface area contributed by atoms with Crippen LogP contribution in [0.5, 0.6) is 5.75 Å². The fourth-order valence-corrected chi connectivity index (χ4v) is 4.25. The predicted molar refractivity (Wildman–Crippen MR) is 130 cm³/mol. The molecule has 1 unspecified atom stereocenters. The minimum absolute atomic E-state index is 0.0388. The number of nitrogens with one attached hydrogen (secondary N) is 2. The Kier molecular flexibility index (Phi) is 14.1. The smallest absolute Gasteiger partial charge is 0.269 e. The number of benzene rings is 1. The second-order valence-electron chi connectivity index (χ2n) is 6.88. The lowest BCUT2D eigenvalue weighted by Crippen LogP contribution is -2.33. The topological polar surface area (TPSA) is 147 Å². The van der Waals surface area contributed by atoms with Crippen LogP contribution >= 0.6 is 31.9 Å². The standard InChI is InChI=1S/C20H32Br2N6O3/c1-2-7-18(26-13-27-24)31-19-15(21)10-14(11-16(19)22)12-17(28-30)20(29)25-9-6-4-3-5-8-23/h10-11,13,18,30H,2-9,12,23-24H2,1H3,(H,25,29)(H,26,27). The summed E-state index contributed by atoms with van der Waals surface area (Å²) in [4.78, 5) is 16.6. The van der Waals surface area contributed by atoms with E-state index < -0.39 is 6.23 Å². The van der Waals surface area contributed by atoms with E-state index in [0.29, 0.717) is 34.2 Å². The number of oxime groups is 1. The van der Waals surface area contributed by atoms with Crippen molar-refractivity contribution < 1.29 is 14.7 Å². The van der Waals surface area contributed by atoms with Crippen LogP contribution in [0.25, 0.3) is 0 Å². The van der Waals surface area contributed by atoms with Gasteiger partial charge in [-0.15, -0.1) is 0 Å². The maximum absolute atomic E-state index is 12.3. The van der Waals surface area contributed by atoms with Crippen molar-refractivity contribution in [3.05, 3.63) is 26.6 Å². The van der Waals surface area contributed by atoms with Gasteiger partial charge < -0.3 is 26.4 Å². The highest BCUT2D eigenvalue weighted by Gasteiger charge is 2.17. The summed E-state index contributed by atoms with van der Waals surface area (Å²) in [5.41, 5.74) is 8.65. The fraction of sp³-hybridized carbons (Fsp3) is 0.550. The number of ether oxygens (including phenoxy) is 1. The molecule has 0 radical (unpaired) electrons. The predicted octanol–water partition coefficient (Wildman–Crippen LogP) is 3.22. The van der Waals surface area contributed by atoms with E-state index in [4.69, 9.17) is 16.3 Å². The third-order valence-corrected chi connectivity index (χ3v) is 5.51. The average Bonchev–Trinajstić information content (AvgIpc) is 2.75. The number of unbranched alkanes of at least 4 members (excludes halogenated alkanes) is 3. The minimum Gasteiger partial charge on any atom is -0.466 e. The highest BCUT2D eigenvalue weighted by atomic mass is 79.9. The van der Waals surface area contributed by atoms with Crippen LogP contribution in [0.1, 0.15) is 51.0 Å². The molecule has 1 amide bonds. The van der Waals surface area contributed by atoms with Crippen molar-refractivity contribution in [3.8, 4) is 5.75 Å². The average molecular weight is 564 g/mol. The van der Waals surface area contributed by atoms with E-state index in [9.17, 15) is 10.0 Å². The van der Waals surface area contributed by atoms with Gasteiger partial charge in [0.15, 0.2) is 12.0 Å². The first-order valence-electron chi connectivity index (χ1n) is 10.3. The third kappa shape index (κ3) is 10.4. The van der Waals surface area contributed by atoms with Crippen molar-refractivity contribution in [1.82, 2.24) is 10.7 Å². The highest BCUT2D eigenvalue weighted by Crippen LogP contribution is 2.36. The van der Waals surface area contributed by atoms with Crippen LogP contribution in [0.3, 0.4) is 0 Å². The fourth-order valence-electron chi connectivity index (χ4n) is 2.78. The number of hydrogen-bond donors (Lipinski definition) is 5. The Morgan fingerprint density at radius 1 is 1.26 bits per heavy atom. The SMILES string of the molecule is CCCC(N=CNN)Oc1c(Br)cc(CC(=NO)C(=O)NCCCCCCN)cc1Br. The number of aliphatic imine (C=N–C) groups is 1. The first-order chi connectivity index (χ1) is 15.0. The van der Waals surface area contributed by atoms with Gasteiger partial charge in [-0.2, -0.15) is 0 Å². The first kappa shape index (κ1) is 27.3. The van der Waals surface area contributed by atoms with Crippen LogP contribution in [0.2, 0.25) is 0 Å². The van der Waals surface area contributed by atoms with Crippen molar-refractivity contribution in [2.45, 2.75) is 58.1 Å². The van der Waals surface area contributed by atoms with E-state index in [0.717, 1.165) is 37.7 Å². The quantitative estimate of drug-likeness (QED) is 0.0552. The maximum Gasteiger partial charge on any atom is 0.269 e. The van der Waals surface area contributed by atoms with Crippen LogP contribution in [0.15, 0.2) is 31.2 Å². The van der Waals surface area contributed by atoms with Crippen LogP contribution in [0.4, 0.5) is 0 Å². The molecule has 0 aromatic heterocycles. The van der Waals surface area contributed by atoms with Crippen molar-refractivity contribution >= 4 is 49.8 Å². The molecule has 174 valence electrons. The Bertz CT molecular complexity index is 723. The Hall–Kier alpha value is -1.69. The Morgan fingerprint density at radius 2 is 1.94 bits per heavy atom. The molecule has 0 aliphatic rings. The van der Waals surface area contributed by atoms with Crippen molar-refractivity contribution in [2.24, 2.45) is 21.7 Å². The van der Waals surface area contributed by atoms with Crippen molar-refractivity contribution in [2.75, 3.05) is 13.1 Å². The van der Waals surface area contributed by atoms with Crippen LogP contribution in [0, 0.1) is 0 Å². The third-order valence-electron chi connectivity index (χ3n) is 4.33. The largest absolute Gasteiger partial charge is 0.466 e. The molecule has 0 spiro atoms. The Balaban J connectivity index is 2.76. The molecule has 1 rings (SSSR count). The summed E-state index contributed by atoms with van der Waals surface area (Å²) in [6.07, 6.45) is 6.63. The van der Waals surface area contributed by atoms with Crippen LogP contribution < -0.4 is 27.1 Å². The molecule has 7 N–H and O–H groups in total. The van der Waals surface area contributed by atoms with Gasteiger partial charge in [-0.25, -0.2) is 10.8 Å². The molecule has 1 atom stereocenters. The van der Waals surface area contributed by atoms with Crippen molar-refractivity contribution in [1.29, 1.82) is 0 Å². The second kappa shape index (κ2) is 16.0. The summed E-state index contributed by atoms with van der Waals surface area (Å²) >= 11 is 7.02. The van der Waals surface area contributed by atoms with Gasteiger partial charge in [-0.1, -0.05) is 31.3 Å². The summed E-state index contributed by atoms with van der Waals surface area (Å²) in [5.74, 6) is 5.44. The lowest BCUT2D eigenvalue weighted by atomic mass is 10.1. The zero-order chi connectivity index (χ0) is 23.1. The number of nitrogens with two attached hydrogens (primary N) is 2. The van der Waals surface area contributed by atoms with Gasteiger partial charge in [0.25, 0.3) is 5.91 Å². The van der Waals surface area contributed by atoms with E-state index in [1.807, 2.05) is 19.1 Å². The molecule has 0 saturated carbocycles. The highest BCUT2D eigenvalue weighted by molar-refractivity contribution is 9.11. The van der Waals surface area contributed by atoms with Crippen LogP contribution in [-0.2, 0) is 11.2 Å². The lowest BCUT2D eigenvalue weighted by Gasteiger charge is -2.18. The molecule has 11 heteroatoms. The van der Waals surface area contributed by atoms with Gasteiger partial charge in [0.1, 0.15) is 12.1 Å². The van der Waals surface area contributed by atoms with Gasteiger partial charge in [0.05, 0.1) is 8.95 Å². The van der Waals surface area contributed by atoms with Gasteiger partial charge in [-0.05, 0) is 68.9 Å². The van der Waals surface area contributed by atoms with Gasteiger partial charge in [-0.3, -0.25) is 4.79 Å². The number of carbonyl (C=O) groups is 1. The molecule has 9 nitrogen and oxygen atoms in total. The van der Waals surface area contributed by atoms with Gasteiger partial charge >= 0.3 is 0 Å². The van der Waals surface area contributed by atoms with E-state index in [2.05, 4.69) is 52.8 Å². The molecule has 0 aliphatic heterocycles. The minimum atomic E-state index is -0.398. The number of carbonyl (C=O) groups excluding carboxylic acids is 1. The number of nitrogens with zero attached hydrogens (tertiary/aromatic N) is 2. The molecular weight excluding hydrogens is 532 g/mol. The molecule has 1 aromatic rings. The number of hydrazine groups is 1. The van der Waals surface area contributed by atoms with E-state index in [-0.39, 0.29) is 18.0 Å². The summed E-state index contributed by atoms with van der Waals surface area (Å²) in [5, 5.41) is 15.3. The number of halogens is 2. The molecule has 0 aliphatic carbocycles. The first-order valence-corrected chi connectivity index (χ1v) is 11.9. The molecule has 0 bridgehead atoms. The van der Waals surface area contributed by atoms with Gasteiger partial charge in [0.2, 0.25) is 0 Å². The molecule has 0 fully saturated rings. The molecule has 1 aromatic carbocycles. The number of rotatable bonds is 15. The zero-order valence-corrected chi connectivity index (χ0v) is 20.9. The Labute approximate surface area is 200 Å². The zero-order valence-electron chi connectivity index (χ0n) is 17.7. The molecule has 0 heterocycles. The van der Waals surface area contributed by atoms with E-state index in [1.54, 1.807) is 0 Å². The van der Waals surface area contributed by atoms with Crippen LogP contribution in [-0.4, -0.2) is 42.5 Å². The summed E-state index contributed by atoms with van der Waals surface area (Å²) in [6.45, 7) is 3.25. The monoisotopic (exact) mass is 562 g/mol.